The van der Waals surface area contributed by atoms with Crippen molar-refractivity contribution in [3.05, 3.63) is 136 Å². The van der Waals surface area contributed by atoms with Gasteiger partial charge >= 0.3 is 376 Å². The Morgan fingerprint density at radius 2 is 0.833 bits per heavy atom. The van der Waals surface area contributed by atoms with Crippen LogP contribution in [0.2, 0.25) is 0 Å². The zero-order chi connectivity index (χ0) is 44.1. The summed E-state index contributed by atoms with van der Waals surface area (Å²) < 4.78 is 0.815. The van der Waals surface area contributed by atoms with E-state index in [9.17, 15) is 19.4 Å². The van der Waals surface area contributed by atoms with Gasteiger partial charge in [0.05, 0.1) is 0 Å². The third-order valence-corrected chi connectivity index (χ3v) is 28.6. The van der Waals surface area contributed by atoms with Crippen LogP contribution in [0.4, 0.5) is 11.4 Å². The summed E-state index contributed by atoms with van der Waals surface area (Å²) >= 11 is -5.37. The Labute approximate surface area is 373 Å². The van der Waals surface area contributed by atoms with Crippen molar-refractivity contribution < 1.29 is 11.2 Å². The molecule has 1 aliphatic carbocycles. The van der Waals surface area contributed by atoms with E-state index in [4.69, 9.17) is 0 Å². The minimum absolute atomic E-state index is 0.186. The number of anilines is 2. The third kappa shape index (κ3) is 7.03. The summed E-state index contributed by atoms with van der Waals surface area (Å²) in [5.41, 5.74) is 12.0. The molecule has 0 saturated carbocycles. The second kappa shape index (κ2) is 15.2. The van der Waals surface area contributed by atoms with E-state index in [1.165, 1.54) is 60.0 Å². The van der Waals surface area contributed by atoms with E-state index >= 15 is 0 Å². The van der Waals surface area contributed by atoms with Crippen LogP contribution in [-0.4, -0.2) is 24.5 Å². The van der Waals surface area contributed by atoms with Crippen molar-refractivity contribution in [1.82, 2.24) is 0 Å². The topological polar surface area (TPSA) is 6.48 Å². The number of para-hydroxylation sites is 2. The monoisotopic (exact) mass is 934 g/mol. The van der Waals surface area contributed by atoms with E-state index in [1.54, 1.807) is 0 Å². The number of rotatable bonds is 9. The van der Waals surface area contributed by atoms with Crippen LogP contribution >= 0.6 is 19.4 Å². The van der Waals surface area contributed by atoms with E-state index in [0.29, 0.717) is 23.7 Å². The van der Waals surface area contributed by atoms with E-state index < -0.39 is 11.2 Å². The molecule has 0 radical (unpaired) electrons. The predicted molar refractivity (Wildman–Crippen MR) is 263 cm³/mol. The number of allylic oxidation sites excluding steroid dienone is 1. The average molecular weight is 935 g/mol. The summed E-state index contributed by atoms with van der Waals surface area (Å²) in [7, 11) is 19.4. The Balaban J connectivity index is 1.76. The van der Waals surface area contributed by atoms with Gasteiger partial charge in [-0.15, -0.1) is 0 Å². The minimum atomic E-state index is -5.37. The molecule has 60 heavy (non-hydrogen) atoms. The van der Waals surface area contributed by atoms with Crippen molar-refractivity contribution in [2.45, 2.75) is 168 Å². The molecule has 0 bridgehead atoms. The molecule has 0 amide bonds. The fraction of sp³-hybridized carbons (Fsp3) is 0.509. The van der Waals surface area contributed by atoms with Crippen molar-refractivity contribution >= 4 is 40.4 Å². The maximum atomic E-state index is 9.71. The zero-order valence-electron chi connectivity index (χ0n) is 39.6. The molecular formula is C55H74Cl2N2Ru. The first-order chi connectivity index (χ1) is 27.8. The molecule has 2 aliphatic heterocycles. The van der Waals surface area contributed by atoms with Crippen LogP contribution in [0, 0.1) is 10.8 Å². The Bertz CT molecular complexity index is 2230. The van der Waals surface area contributed by atoms with Crippen LogP contribution in [0.3, 0.4) is 0 Å². The molecule has 0 aromatic heterocycles. The molecule has 3 aliphatic rings. The molecule has 2 unspecified atom stereocenters. The maximum absolute atomic E-state index is 9.71. The second-order valence-corrected chi connectivity index (χ2v) is 36.6. The molecule has 2 fully saturated rings. The number of hydrogen-bond acceptors (Lipinski definition) is 2. The molecule has 0 N–H and O–H groups in total. The average Bonchev–Trinajstić information content (AvgIpc) is 3.72. The second-order valence-electron chi connectivity index (χ2n) is 22.1. The Morgan fingerprint density at radius 1 is 0.483 bits per heavy atom. The normalized spacial score (nSPS) is 22.5. The number of benzene rings is 4. The van der Waals surface area contributed by atoms with Crippen molar-refractivity contribution in [3.8, 4) is 0 Å². The zero-order valence-corrected chi connectivity index (χ0v) is 42.9. The van der Waals surface area contributed by atoms with Gasteiger partial charge in [0, 0.05) is 0 Å². The first-order valence-electron chi connectivity index (χ1n) is 22.6. The molecule has 2 nitrogen and oxygen atoms in total. The van der Waals surface area contributed by atoms with Gasteiger partial charge in [0.2, 0.25) is 0 Å². The Morgan fingerprint density at radius 3 is 1.20 bits per heavy atom. The van der Waals surface area contributed by atoms with Crippen LogP contribution in [0.15, 0.2) is 97.1 Å². The number of halogens is 2. The van der Waals surface area contributed by atoms with Gasteiger partial charge in [-0.1, -0.05) is 0 Å². The van der Waals surface area contributed by atoms with Crippen molar-refractivity contribution in [2.75, 3.05) is 9.80 Å². The van der Waals surface area contributed by atoms with Crippen LogP contribution in [0.1, 0.15) is 186 Å². The number of hydrogen-bond donors (Lipinski definition) is 0. The van der Waals surface area contributed by atoms with Crippen molar-refractivity contribution in [1.29, 1.82) is 0 Å². The number of nitrogens with zero attached hydrogens (tertiary/aromatic N) is 2. The molecule has 5 heteroatoms. The molecule has 7 rings (SSSR count). The molecule has 4 aromatic carbocycles. The van der Waals surface area contributed by atoms with E-state index in [-0.39, 0.29) is 31.2 Å². The van der Waals surface area contributed by atoms with Crippen molar-refractivity contribution in [2.24, 2.45) is 10.8 Å². The van der Waals surface area contributed by atoms with Crippen LogP contribution < -0.4 is 9.80 Å². The molecule has 2 heterocycles. The Kier molecular flexibility index (Phi) is 11.5. The third-order valence-electron chi connectivity index (χ3n) is 13.8. The van der Waals surface area contributed by atoms with Gasteiger partial charge in [-0.05, 0) is 0 Å². The standard InChI is InChI=1S/2C20H32N.C15H10.2ClH.Ru/c2*1-14(2)16-10-9-11-17(15(3)4)18(16)21-13-19(5,6)12-20(21,7)8;1-2-6-12(7-3-1)15-11-10-13-8-4-5-9-14(13)15;;;/h2*9-11,13-15H,12H2,1-8H3;1-9,11H;2*1H;/q;;;;;+2/p-2. The molecule has 0 spiro atoms. The van der Waals surface area contributed by atoms with Gasteiger partial charge in [0.25, 0.3) is 0 Å². The molecule has 2 saturated heterocycles. The fourth-order valence-corrected chi connectivity index (χ4v) is 32.3. The SMILES string of the molecule is CC(C)c1cccc(C(C)C)c1N1[CH]([Ru]([Cl])([Cl])(=[C]2C=C(c3ccccc3)c3ccccc32)[CH]2N(c3c(C(C)C)cccc3C(C)C)C(C)(C)CC2(C)C)C(C)(C)CC1(C)C. The Hall–Kier alpha value is -2.71. The van der Waals surface area contributed by atoms with Gasteiger partial charge in [-0.3, -0.25) is 0 Å². The van der Waals surface area contributed by atoms with Gasteiger partial charge in [-0.25, -0.2) is 0 Å². The first-order valence-corrected chi connectivity index (χ1v) is 29.9. The fourth-order valence-electron chi connectivity index (χ4n) is 12.3. The summed E-state index contributed by atoms with van der Waals surface area (Å²) in [6, 6.07) is 34.0. The van der Waals surface area contributed by atoms with Crippen LogP contribution in [-0.2, 0) is 11.2 Å². The summed E-state index contributed by atoms with van der Waals surface area (Å²) in [5, 5.41) is 0. The van der Waals surface area contributed by atoms with E-state index in [1.807, 2.05) is 0 Å². The van der Waals surface area contributed by atoms with Crippen LogP contribution in [0.5, 0.6) is 0 Å². The summed E-state index contributed by atoms with van der Waals surface area (Å²) in [5.74, 6) is 1.26. The summed E-state index contributed by atoms with van der Waals surface area (Å²) in [6.45, 7) is 38.7. The van der Waals surface area contributed by atoms with Gasteiger partial charge in [0.1, 0.15) is 0 Å². The molecular weight excluding hydrogens is 861 g/mol. The quantitative estimate of drug-likeness (QED) is 0.154. The van der Waals surface area contributed by atoms with Gasteiger partial charge in [-0.2, -0.15) is 0 Å². The van der Waals surface area contributed by atoms with Gasteiger partial charge < -0.3 is 0 Å². The number of fused-ring (bicyclic) bond motifs is 1. The summed E-state index contributed by atoms with van der Waals surface area (Å²) in [6.07, 6.45) is 4.41. The molecule has 2 atom stereocenters. The first kappa shape index (κ1) is 45.3. The summed E-state index contributed by atoms with van der Waals surface area (Å²) in [4.78, 5) is 5.70. The molecule has 4 aromatic rings. The van der Waals surface area contributed by atoms with E-state index in [2.05, 4.69) is 218 Å². The molecule has 326 valence electrons. The van der Waals surface area contributed by atoms with Gasteiger partial charge in [0.15, 0.2) is 0 Å². The van der Waals surface area contributed by atoms with E-state index in [0.717, 1.165) is 12.8 Å². The predicted octanol–water partition coefficient (Wildman–Crippen LogP) is 16.2. The van der Waals surface area contributed by atoms with Crippen molar-refractivity contribution in [3.63, 3.8) is 0 Å². The van der Waals surface area contributed by atoms with Crippen LogP contribution in [0.25, 0.3) is 5.57 Å².